The normalized spacial score (nSPS) is 14.9. The zero-order valence-corrected chi connectivity index (χ0v) is 20.9. The predicted octanol–water partition coefficient (Wildman–Crippen LogP) is 4.43. The zero-order chi connectivity index (χ0) is 25.1. The third kappa shape index (κ3) is 5.12. The van der Waals surface area contributed by atoms with E-state index >= 15 is 0 Å². The van der Waals surface area contributed by atoms with Crippen molar-refractivity contribution in [2.24, 2.45) is 0 Å². The highest BCUT2D eigenvalue weighted by Crippen LogP contribution is 2.33. The maximum atomic E-state index is 13.7. The quantitative estimate of drug-likeness (QED) is 0.359. The molecule has 1 saturated carbocycles. The molecule has 35 heavy (non-hydrogen) atoms. The molecule has 1 atom stereocenters. The Bertz CT molecular complexity index is 1310. The summed E-state index contributed by atoms with van der Waals surface area (Å²) in [5, 5.41) is 21.7. The molecule has 4 rings (SSSR count). The fourth-order valence-corrected chi connectivity index (χ4v) is 5.16. The Hall–Kier alpha value is -3.53. The number of phenols is 1. The SMILES string of the molecule is CC(Nc1c(Nc2cccc(C(=O)N(C)C)c2O)c(=O)n(C2CCCCC2)[nH]c1=O)c1cccs1. The fourth-order valence-electron chi connectivity index (χ4n) is 4.42. The van der Waals surface area contributed by atoms with Crippen molar-refractivity contribution in [3.8, 4) is 5.75 Å². The molecule has 0 aliphatic heterocycles. The molecule has 186 valence electrons. The highest BCUT2D eigenvalue weighted by Gasteiger charge is 2.25. The summed E-state index contributed by atoms with van der Waals surface area (Å²) in [5.74, 6) is -0.659. The molecule has 10 heteroatoms. The number of aromatic amines is 1. The molecule has 1 amide bonds. The van der Waals surface area contributed by atoms with Gasteiger partial charge in [-0.25, -0.2) is 4.68 Å². The number of amides is 1. The van der Waals surface area contributed by atoms with Crippen LogP contribution >= 0.6 is 11.3 Å². The van der Waals surface area contributed by atoms with Crippen LogP contribution in [0.1, 0.15) is 66.3 Å². The zero-order valence-electron chi connectivity index (χ0n) is 20.1. The first-order valence-corrected chi connectivity index (χ1v) is 12.6. The third-order valence-electron chi connectivity index (χ3n) is 6.33. The van der Waals surface area contributed by atoms with Gasteiger partial charge in [-0.15, -0.1) is 11.3 Å². The topological polar surface area (TPSA) is 119 Å². The van der Waals surface area contributed by atoms with E-state index in [9.17, 15) is 19.5 Å². The second kappa shape index (κ2) is 10.4. The molecule has 9 nitrogen and oxygen atoms in total. The standard InChI is InChI=1S/C25H31N5O4S/c1-15(19-13-8-14-35-19)26-20-21(25(34)30(28-23(20)32)16-9-5-4-6-10-16)27-18-12-7-11-17(22(18)31)24(33)29(2)3/h7-8,11-16,26-27,31H,4-6,9-10H2,1-3H3,(H,28,32). The minimum absolute atomic E-state index is 0.0347. The van der Waals surface area contributed by atoms with Crippen LogP contribution in [0.2, 0.25) is 0 Å². The minimum Gasteiger partial charge on any atom is -0.505 e. The molecule has 0 bridgehead atoms. The van der Waals surface area contributed by atoms with Crippen LogP contribution in [-0.4, -0.2) is 39.8 Å². The number of phenolic OH excluding ortho intramolecular Hbond substituents is 1. The monoisotopic (exact) mass is 497 g/mol. The number of nitrogens with zero attached hydrogens (tertiary/aromatic N) is 2. The molecule has 0 saturated heterocycles. The number of hydrogen-bond acceptors (Lipinski definition) is 7. The molecular formula is C25H31N5O4S. The van der Waals surface area contributed by atoms with Gasteiger partial charge < -0.3 is 20.6 Å². The molecule has 3 aromatic rings. The van der Waals surface area contributed by atoms with Gasteiger partial charge in [-0.1, -0.05) is 31.4 Å². The van der Waals surface area contributed by atoms with Crippen molar-refractivity contribution in [3.63, 3.8) is 0 Å². The van der Waals surface area contributed by atoms with Gasteiger partial charge in [0.25, 0.3) is 17.0 Å². The molecule has 1 aliphatic rings. The number of anilines is 3. The van der Waals surface area contributed by atoms with Gasteiger partial charge in [0, 0.05) is 19.0 Å². The molecule has 4 N–H and O–H groups in total. The number of hydrogen-bond donors (Lipinski definition) is 4. The summed E-state index contributed by atoms with van der Waals surface area (Å²) in [6.45, 7) is 1.91. The maximum absolute atomic E-state index is 13.7. The van der Waals surface area contributed by atoms with Crippen LogP contribution in [0.25, 0.3) is 0 Å². The van der Waals surface area contributed by atoms with Crippen molar-refractivity contribution < 1.29 is 9.90 Å². The first-order valence-electron chi connectivity index (χ1n) is 11.8. The summed E-state index contributed by atoms with van der Waals surface area (Å²) in [4.78, 5) is 41.8. The van der Waals surface area contributed by atoms with Crippen LogP contribution in [0.15, 0.2) is 45.3 Å². The Kier molecular flexibility index (Phi) is 7.30. The van der Waals surface area contributed by atoms with E-state index in [1.165, 1.54) is 15.6 Å². The highest BCUT2D eigenvalue weighted by molar-refractivity contribution is 7.10. The van der Waals surface area contributed by atoms with E-state index in [0.29, 0.717) is 0 Å². The van der Waals surface area contributed by atoms with Gasteiger partial charge in [0.15, 0.2) is 5.75 Å². The first-order chi connectivity index (χ1) is 16.8. The van der Waals surface area contributed by atoms with Gasteiger partial charge in [0.1, 0.15) is 11.4 Å². The number of aromatic nitrogens is 2. The van der Waals surface area contributed by atoms with Gasteiger partial charge in [0.05, 0.1) is 23.3 Å². The number of carbonyl (C=O) groups is 1. The molecule has 0 spiro atoms. The Morgan fingerprint density at radius 2 is 1.89 bits per heavy atom. The number of thiophene rings is 1. The average molecular weight is 498 g/mol. The summed E-state index contributed by atoms with van der Waals surface area (Å²) in [7, 11) is 3.19. The Labute approximate surface area is 207 Å². The van der Waals surface area contributed by atoms with E-state index in [1.54, 1.807) is 37.6 Å². The predicted molar refractivity (Wildman–Crippen MR) is 139 cm³/mol. The lowest BCUT2D eigenvalue weighted by atomic mass is 9.95. The minimum atomic E-state index is -0.430. The van der Waals surface area contributed by atoms with Gasteiger partial charge in [-0.2, -0.15) is 0 Å². The maximum Gasteiger partial charge on any atom is 0.291 e. The molecule has 0 radical (unpaired) electrons. The lowest BCUT2D eigenvalue weighted by molar-refractivity contribution is 0.0824. The Morgan fingerprint density at radius 1 is 1.14 bits per heavy atom. The van der Waals surface area contributed by atoms with Crippen molar-refractivity contribution in [3.05, 3.63) is 66.9 Å². The summed E-state index contributed by atoms with van der Waals surface area (Å²) in [6, 6.07) is 8.26. The lowest BCUT2D eigenvalue weighted by Gasteiger charge is -2.25. The van der Waals surface area contributed by atoms with E-state index < -0.39 is 5.56 Å². The lowest BCUT2D eigenvalue weighted by Crippen LogP contribution is -2.36. The van der Waals surface area contributed by atoms with Crippen molar-refractivity contribution >= 4 is 34.3 Å². The number of para-hydroxylation sites is 1. The average Bonchev–Trinajstić information content (AvgIpc) is 3.39. The van der Waals surface area contributed by atoms with Crippen LogP contribution in [0.5, 0.6) is 5.75 Å². The number of H-pyrrole nitrogens is 1. The second-order valence-corrected chi connectivity index (χ2v) is 10.0. The van der Waals surface area contributed by atoms with Crippen molar-refractivity contribution in [1.82, 2.24) is 14.7 Å². The highest BCUT2D eigenvalue weighted by atomic mass is 32.1. The smallest absolute Gasteiger partial charge is 0.291 e. The van der Waals surface area contributed by atoms with Crippen LogP contribution in [-0.2, 0) is 0 Å². The molecule has 1 fully saturated rings. The Balaban J connectivity index is 1.81. The molecule has 1 aliphatic carbocycles. The van der Waals surface area contributed by atoms with Crippen LogP contribution in [0, 0.1) is 0 Å². The molecule has 1 aromatic carbocycles. The van der Waals surface area contributed by atoms with E-state index in [1.807, 2.05) is 24.4 Å². The van der Waals surface area contributed by atoms with E-state index in [-0.39, 0.29) is 51.9 Å². The molecule has 2 aromatic heterocycles. The molecule has 2 heterocycles. The van der Waals surface area contributed by atoms with Gasteiger partial charge in [-0.05, 0) is 43.3 Å². The number of aromatic hydroxyl groups is 1. The van der Waals surface area contributed by atoms with Gasteiger partial charge in [-0.3, -0.25) is 19.5 Å². The molecule has 1 unspecified atom stereocenters. The third-order valence-corrected chi connectivity index (χ3v) is 7.39. The number of nitrogens with one attached hydrogen (secondary N) is 3. The van der Waals surface area contributed by atoms with E-state index in [0.717, 1.165) is 37.0 Å². The largest absolute Gasteiger partial charge is 0.505 e. The summed E-state index contributed by atoms with van der Waals surface area (Å²) in [5.41, 5.74) is -0.428. The van der Waals surface area contributed by atoms with Crippen molar-refractivity contribution in [1.29, 1.82) is 0 Å². The summed E-state index contributed by atoms with van der Waals surface area (Å²) < 4.78 is 1.41. The Morgan fingerprint density at radius 3 is 2.54 bits per heavy atom. The van der Waals surface area contributed by atoms with Crippen molar-refractivity contribution in [2.45, 2.75) is 51.1 Å². The van der Waals surface area contributed by atoms with Gasteiger partial charge in [0.2, 0.25) is 0 Å². The van der Waals surface area contributed by atoms with Crippen LogP contribution < -0.4 is 21.8 Å². The first kappa shape index (κ1) is 24.6. The van der Waals surface area contributed by atoms with E-state index in [2.05, 4.69) is 15.7 Å². The number of carbonyl (C=O) groups excluding carboxylic acids is 1. The second-order valence-electron chi connectivity index (χ2n) is 9.07. The number of benzene rings is 1. The van der Waals surface area contributed by atoms with Crippen LogP contribution in [0.4, 0.5) is 17.1 Å². The van der Waals surface area contributed by atoms with Crippen LogP contribution in [0.3, 0.4) is 0 Å². The van der Waals surface area contributed by atoms with Gasteiger partial charge >= 0.3 is 0 Å². The summed E-state index contributed by atoms with van der Waals surface area (Å²) in [6.07, 6.45) is 4.72. The van der Waals surface area contributed by atoms with Crippen molar-refractivity contribution in [2.75, 3.05) is 24.7 Å². The summed E-state index contributed by atoms with van der Waals surface area (Å²) >= 11 is 1.55. The number of rotatable bonds is 7. The van der Waals surface area contributed by atoms with E-state index in [4.69, 9.17) is 0 Å². The molecular weight excluding hydrogens is 466 g/mol. The fraction of sp³-hybridized carbons (Fsp3) is 0.400.